The summed E-state index contributed by atoms with van der Waals surface area (Å²) in [5.41, 5.74) is 5.25. The molecule has 0 heterocycles. The number of rotatable bonds is 4. The minimum Gasteiger partial charge on any atom is -0.278 e. The molecule has 0 atom stereocenters. The smallest absolute Gasteiger partial charge is 0.270 e. The van der Waals surface area contributed by atoms with E-state index in [4.69, 9.17) is 0 Å². The Morgan fingerprint density at radius 3 is 2.58 bits per heavy atom. The molecule has 0 aliphatic heterocycles. The molecule has 0 aromatic heterocycles. The number of nitrogens with zero attached hydrogens (tertiary/aromatic N) is 2. The highest BCUT2D eigenvalue weighted by Crippen LogP contribution is 2.14. The third-order valence-corrected chi connectivity index (χ3v) is 2.60. The third-order valence-electron chi connectivity index (χ3n) is 2.60. The van der Waals surface area contributed by atoms with Crippen LogP contribution in [0.2, 0.25) is 0 Å². The standard InChI is InChI=1S/C14H13N3O2/c1-11(15-16-13-7-3-2-4-8-13)12-6-5-9-14(10-12)17(18)19/h2-10,16H,1H3. The lowest BCUT2D eigenvalue weighted by Gasteiger charge is -2.03. The topological polar surface area (TPSA) is 67.5 Å². The molecule has 1 N–H and O–H groups in total. The van der Waals surface area contributed by atoms with Gasteiger partial charge in [-0.1, -0.05) is 30.3 Å². The summed E-state index contributed by atoms with van der Waals surface area (Å²) in [7, 11) is 0. The Balaban J connectivity index is 2.17. The minimum absolute atomic E-state index is 0.0618. The average Bonchev–Trinajstić information content (AvgIpc) is 2.46. The van der Waals surface area contributed by atoms with Crippen molar-refractivity contribution in [3.05, 3.63) is 70.3 Å². The van der Waals surface area contributed by atoms with Crippen LogP contribution in [0, 0.1) is 10.1 Å². The van der Waals surface area contributed by atoms with Crippen molar-refractivity contribution in [1.29, 1.82) is 0 Å². The van der Waals surface area contributed by atoms with E-state index in [1.165, 1.54) is 12.1 Å². The molecule has 0 spiro atoms. The van der Waals surface area contributed by atoms with E-state index in [9.17, 15) is 10.1 Å². The van der Waals surface area contributed by atoms with Crippen molar-refractivity contribution in [2.24, 2.45) is 5.10 Å². The number of nitro groups is 1. The zero-order valence-electron chi connectivity index (χ0n) is 10.4. The maximum Gasteiger partial charge on any atom is 0.270 e. The van der Waals surface area contributed by atoms with E-state index in [1.807, 2.05) is 30.3 Å². The Morgan fingerprint density at radius 1 is 1.16 bits per heavy atom. The molecule has 0 bridgehead atoms. The molecule has 19 heavy (non-hydrogen) atoms. The second kappa shape index (κ2) is 5.77. The minimum atomic E-state index is -0.415. The number of para-hydroxylation sites is 1. The lowest BCUT2D eigenvalue weighted by molar-refractivity contribution is -0.384. The fourth-order valence-electron chi connectivity index (χ4n) is 1.57. The molecule has 0 radical (unpaired) electrons. The van der Waals surface area contributed by atoms with Gasteiger partial charge in [-0.2, -0.15) is 5.10 Å². The summed E-state index contributed by atoms with van der Waals surface area (Å²) >= 11 is 0. The van der Waals surface area contributed by atoms with E-state index < -0.39 is 4.92 Å². The lowest BCUT2D eigenvalue weighted by atomic mass is 10.1. The van der Waals surface area contributed by atoms with Crippen molar-refractivity contribution >= 4 is 17.1 Å². The molecule has 2 aromatic carbocycles. The molecule has 0 aliphatic rings. The van der Waals surface area contributed by atoms with Gasteiger partial charge in [0.1, 0.15) is 0 Å². The van der Waals surface area contributed by atoms with Crippen LogP contribution in [-0.2, 0) is 0 Å². The van der Waals surface area contributed by atoms with Crippen LogP contribution in [0.5, 0.6) is 0 Å². The summed E-state index contributed by atoms with van der Waals surface area (Å²) in [4.78, 5) is 10.3. The van der Waals surface area contributed by atoms with Gasteiger partial charge in [0.2, 0.25) is 0 Å². The monoisotopic (exact) mass is 255 g/mol. The fourth-order valence-corrected chi connectivity index (χ4v) is 1.57. The summed E-state index contributed by atoms with van der Waals surface area (Å²) < 4.78 is 0. The third kappa shape index (κ3) is 3.38. The summed E-state index contributed by atoms with van der Waals surface area (Å²) in [5.74, 6) is 0. The van der Waals surface area contributed by atoms with Gasteiger partial charge in [-0.25, -0.2) is 0 Å². The van der Waals surface area contributed by atoms with Gasteiger partial charge in [0.25, 0.3) is 5.69 Å². The molecular formula is C14H13N3O2. The first-order chi connectivity index (χ1) is 9.16. The predicted octanol–water partition coefficient (Wildman–Crippen LogP) is 3.43. The van der Waals surface area contributed by atoms with E-state index in [0.29, 0.717) is 5.71 Å². The number of benzene rings is 2. The van der Waals surface area contributed by atoms with E-state index in [-0.39, 0.29) is 5.69 Å². The van der Waals surface area contributed by atoms with Crippen molar-refractivity contribution < 1.29 is 4.92 Å². The number of nitrogens with one attached hydrogen (secondary N) is 1. The number of hydrogen-bond acceptors (Lipinski definition) is 4. The van der Waals surface area contributed by atoms with Gasteiger partial charge in [-0.15, -0.1) is 0 Å². The molecule has 5 heteroatoms. The zero-order valence-corrected chi connectivity index (χ0v) is 10.4. The summed E-state index contributed by atoms with van der Waals surface area (Å²) in [6.07, 6.45) is 0. The molecule has 96 valence electrons. The van der Waals surface area contributed by atoms with Crippen LogP contribution in [0.1, 0.15) is 12.5 Å². The first kappa shape index (κ1) is 12.8. The Bertz CT molecular complexity index is 609. The molecule has 0 amide bonds. The fraction of sp³-hybridized carbons (Fsp3) is 0.0714. The molecule has 0 fully saturated rings. The summed E-state index contributed by atoms with van der Waals surface area (Å²) in [6.45, 7) is 1.80. The molecular weight excluding hydrogens is 242 g/mol. The SMILES string of the molecule is CC(=NNc1ccccc1)c1cccc([N+](=O)[O-])c1. The van der Waals surface area contributed by atoms with E-state index in [2.05, 4.69) is 10.5 Å². The van der Waals surface area contributed by atoms with E-state index in [1.54, 1.807) is 19.1 Å². The second-order valence-electron chi connectivity index (χ2n) is 3.98. The highest BCUT2D eigenvalue weighted by atomic mass is 16.6. The Morgan fingerprint density at radius 2 is 1.89 bits per heavy atom. The zero-order chi connectivity index (χ0) is 13.7. The highest BCUT2D eigenvalue weighted by Gasteiger charge is 2.07. The maximum absolute atomic E-state index is 10.7. The Labute approximate surface area is 110 Å². The second-order valence-corrected chi connectivity index (χ2v) is 3.98. The molecule has 5 nitrogen and oxygen atoms in total. The molecule has 2 rings (SSSR count). The van der Waals surface area contributed by atoms with Crippen LogP contribution in [0.4, 0.5) is 11.4 Å². The van der Waals surface area contributed by atoms with Crippen LogP contribution >= 0.6 is 0 Å². The quantitative estimate of drug-likeness (QED) is 0.517. The first-order valence-electron chi connectivity index (χ1n) is 5.77. The highest BCUT2D eigenvalue weighted by molar-refractivity contribution is 5.99. The number of anilines is 1. The van der Waals surface area contributed by atoms with Crippen molar-refractivity contribution in [2.75, 3.05) is 5.43 Å². The van der Waals surface area contributed by atoms with E-state index in [0.717, 1.165) is 11.3 Å². The van der Waals surface area contributed by atoms with Crippen LogP contribution in [0.25, 0.3) is 0 Å². The van der Waals surface area contributed by atoms with Crippen molar-refractivity contribution in [3.63, 3.8) is 0 Å². The first-order valence-corrected chi connectivity index (χ1v) is 5.77. The van der Waals surface area contributed by atoms with Crippen LogP contribution < -0.4 is 5.43 Å². The average molecular weight is 255 g/mol. The van der Waals surface area contributed by atoms with Gasteiger partial charge in [-0.05, 0) is 19.1 Å². The molecule has 0 aliphatic carbocycles. The van der Waals surface area contributed by atoms with Crippen molar-refractivity contribution in [2.45, 2.75) is 6.92 Å². The van der Waals surface area contributed by atoms with Gasteiger partial charge in [0.05, 0.1) is 16.3 Å². The van der Waals surface area contributed by atoms with Crippen LogP contribution in [0.3, 0.4) is 0 Å². The largest absolute Gasteiger partial charge is 0.278 e. The van der Waals surface area contributed by atoms with Gasteiger partial charge in [-0.3, -0.25) is 15.5 Å². The van der Waals surface area contributed by atoms with Crippen LogP contribution in [-0.4, -0.2) is 10.6 Å². The Hall–Kier alpha value is -2.69. The van der Waals surface area contributed by atoms with Crippen molar-refractivity contribution in [3.8, 4) is 0 Å². The molecule has 0 saturated carbocycles. The van der Waals surface area contributed by atoms with Gasteiger partial charge >= 0.3 is 0 Å². The molecule has 0 unspecified atom stereocenters. The maximum atomic E-state index is 10.7. The summed E-state index contributed by atoms with van der Waals surface area (Å²) in [5, 5.41) is 14.9. The number of nitro benzene ring substituents is 1. The molecule has 2 aromatic rings. The summed E-state index contributed by atoms with van der Waals surface area (Å²) in [6, 6.07) is 15.9. The van der Waals surface area contributed by atoms with Gasteiger partial charge in [0, 0.05) is 17.7 Å². The predicted molar refractivity (Wildman–Crippen MR) is 75.4 cm³/mol. The van der Waals surface area contributed by atoms with E-state index >= 15 is 0 Å². The van der Waals surface area contributed by atoms with Crippen LogP contribution in [0.15, 0.2) is 59.7 Å². The number of hydrogen-bond donors (Lipinski definition) is 1. The number of non-ortho nitro benzene ring substituents is 1. The van der Waals surface area contributed by atoms with Crippen molar-refractivity contribution in [1.82, 2.24) is 0 Å². The number of hydrazone groups is 1. The van der Waals surface area contributed by atoms with Gasteiger partial charge in [0.15, 0.2) is 0 Å². The lowest BCUT2D eigenvalue weighted by Crippen LogP contribution is -2.00. The normalized spacial score (nSPS) is 11.1. The van der Waals surface area contributed by atoms with Gasteiger partial charge < -0.3 is 0 Å². The molecule has 0 saturated heterocycles. The Kier molecular flexibility index (Phi) is 3.87.